The first kappa shape index (κ1) is 13.7. The molecule has 2 bridgehead atoms. The van der Waals surface area contributed by atoms with Crippen LogP contribution >= 0.6 is 31.9 Å². The van der Waals surface area contributed by atoms with Crippen molar-refractivity contribution in [3.05, 3.63) is 0 Å². The van der Waals surface area contributed by atoms with Crippen molar-refractivity contribution in [3.63, 3.8) is 0 Å². The molecule has 20 heavy (non-hydrogen) atoms. The number of alkyl halides is 2. The zero-order valence-electron chi connectivity index (χ0n) is 11.3. The number of amides is 2. The molecule has 0 radical (unpaired) electrons. The van der Waals surface area contributed by atoms with E-state index in [1.165, 1.54) is 6.42 Å². The van der Waals surface area contributed by atoms with Gasteiger partial charge >= 0.3 is 0 Å². The van der Waals surface area contributed by atoms with Crippen LogP contribution in [0.4, 0.5) is 0 Å². The Morgan fingerprint density at radius 1 is 0.850 bits per heavy atom. The molecule has 3 aliphatic carbocycles. The first-order valence-electron chi connectivity index (χ1n) is 7.76. The Hall–Kier alpha value is 0.1000. The Balaban J connectivity index is 1.63. The third-order valence-corrected chi connectivity index (χ3v) is 9.17. The van der Waals surface area contributed by atoms with Crippen molar-refractivity contribution in [2.45, 2.75) is 54.2 Å². The Morgan fingerprint density at radius 2 is 1.35 bits per heavy atom. The molecule has 1 aliphatic heterocycles. The number of imide groups is 1. The number of hydrogen-bond donors (Lipinski definition) is 0. The highest BCUT2D eigenvalue weighted by molar-refractivity contribution is 9.12. The first-order chi connectivity index (χ1) is 9.61. The van der Waals surface area contributed by atoms with E-state index in [0.29, 0.717) is 21.5 Å². The summed E-state index contributed by atoms with van der Waals surface area (Å²) < 4.78 is 0. The van der Waals surface area contributed by atoms with Crippen molar-refractivity contribution >= 4 is 43.7 Å². The van der Waals surface area contributed by atoms with Gasteiger partial charge in [0.1, 0.15) is 0 Å². The van der Waals surface area contributed by atoms with Gasteiger partial charge in [0, 0.05) is 15.7 Å². The van der Waals surface area contributed by atoms with Crippen LogP contribution < -0.4 is 0 Å². The molecule has 6 atom stereocenters. The van der Waals surface area contributed by atoms with Crippen LogP contribution in [0.1, 0.15) is 38.5 Å². The van der Waals surface area contributed by atoms with E-state index in [0.717, 1.165) is 32.1 Å². The van der Waals surface area contributed by atoms with Gasteiger partial charge in [-0.15, -0.1) is 0 Å². The van der Waals surface area contributed by atoms with Gasteiger partial charge in [0.05, 0.1) is 11.8 Å². The molecular weight excluding hydrogens is 386 g/mol. The lowest BCUT2D eigenvalue weighted by atomic mass is 9.81. The molecule has 1 heterocycles. The fraction of sp³-hybridized carbons (Fsp3) is 0.867. The fourth-order valence-corrected chi connectivity index (χ4v) is 6.94. The lowest BCUT2D eigenvalue weighted by molar-refractivity contribution is -0.144. The van der Waals surface area contributed by atoms with Crippen molar-refractivity contribution in [2.75, 3.05) is 0 Å². The van der Waals surface area contributed by atoms with Crippen LogP contribution in [0.2, 0.25) is 0 Å². The molecule has 4 rings (SSSR count). The molecule has 0 N–H and O–H groups in total. The number of nitrogens with zero attached hydrogens (tertiary/aromatic N) is 1. The summed E-state index contributed by atoms with van der Waals surface area (Å²) in [6, 6.07) is 0.191. The largest absolute Gasteiger partial charge is 0.279 e. The van der Waals surface area contributed by atoms with Gasteiger partial charge in [-0.1, -0.05) is 51.1 Å². The van der Waals surface area contributed by atoms with Crippen LogP contribution in [-0.2, 0) is 9.59 Å². The Morgan fingerprint density at radius 3 is 1.85 bits per heavy atom. The second kappa shape index (κ2) is 4.80. The topological polar surface area (TPSA) is 37.4 Å². The summed E-state index contributed by atoms with van der Waals surface area (Å²) in [5.41, 5.74) is 0. The average Bonchev–Trinajstić information content (AvgIpc) is 3.05. The van der Waals surface area contributed by atoms with Crippen molar-refractivity contribution in [3.8, 4) is 0 Å². The second-order valence-electron chi connectivity index (χ2n) is 6.84. The molecule has 3 saturated carbocycles. The summed E-state index contributed by atoms with van der Waals surface area (Å²) in [7, 11) is 0. The normalized spacial score (nSPS) is 48.2. The van der Waals surface area contributed by atoms with Gasteiger partial charge in [-0.25, -0.2) is 0 Å². The quantitative estimate of drug-likeness (QED) is 0.497. The molecule has 110 valence electrons. The predicted molar refractivity (Wildman–Crippen MR) is 82.7 cm³/mol. The van der Waals surface area contributed by atoms with Gasteiger partial charge in [0.2, 0.25) is 11.8 Å². The molecule has 0 aromatic heterocycles. The Kier molecular flexibility index (Phi) is 3.30. The van der Waals surface area contributed by atoms with Crippen LogP contribution in [-0.4, -0.2) is 32.4 Å². The molecule has 0 spiro atoms. The van der Waals surface area contributed by atoms with E-state index in [-0.39, 0.29) is 29.7 Å². The highest BCUT2D eigenvalue weighted by Gasteiger charge is 2.66. The number of halogens is 2. The summed E-state index contributed by atoms with van der Waals surface area (Å²) in [4.78, 5) is 28.0. The third-order valence-electron chi connectivity index (χ3n) is 5.96. The summed E-state index contributed by atoms with van der Waals surface area (Å²) in [6.45, 7) is 0. The van der Waals surface area contributed by atoms with Crippen LogP contribution in [0.25, 0.3) is 0 Å². The molecule has 2 amide bonds. The van der Waals surface area contributed by atoms with E-state index in [9.17, 15) is 9.59 Å². The van der Waals surface area contributed by atoms with Crippen LogP contribution in [0.5, 0.6) is 0 Å². The summed E-state index contributed by atoms with van der Waals surface area (Å²) >= 11 is 7.46. The Bertz CT molecular complexity index is 431. The zero-order chi connectivity index (χ0) is 14.0. The van der Waals surface area contributed by atoms with Crippen LogP contribution in [0.15, 0.2) is 0 Å². The van der Waals surface area contributed by atoms with E-state index >= 15 is 0 Å². The minimum absolute atomic E-state index is 0.0346. The van der Waals surface area contributed by atoms with Crippen molar-refractivity contribution < 1.29 is 9.59 Å². The minimum atomic E-state index is -0.0346. The summed E-state index contributed by atoms with van der Waals surface area (Å²) in [5.74, 6) is 0.908. The third kappa shape index (κ3) is 1.68. The smallest absolute Gasteiger partial charge is 0.233 e. The number of carbonyl (C=O) groups is 2. The van der Waals surface area contributed by atoms with E-state index in [4.69, 9.17) is 0 Å². The van der Waals surface area contributed by atoms with Gasteiger partial charge in [-0.05, 0) is 31.1 Å². The summed E-state index contributed by atoms with van der Waals surface area (Å²) in [6.07, 6.45) is 6.62. The molecular formula is C15H19Br2NO2. The van der Waals surface area contributed by atoms with Crippen LogP contribution in [0, 0.1) is 23.7 Å². The van der Waals surface area contributed by atoms with Gasteiger partial charge in [0.15, 0.2) is 0 Å². The monoisotopic (exact) mass is 403 g/mol. The number of hydrogen-bond acceptors (Lipinski definition) is 2. The standard InChI is InChI=1S/C15H19Br2NO2/c16-12-8-6-9(13(12)17)11-10(8)14(19)18(15(11)20)7-4-2-1-3-5-7/h7-13H,1-6H2/t8-,9-,10-,11+,12-,13+/m1/s1. The first-order valence-corrected chi connectivity index (χ1v) is 9.59. The fourth-order valence-electron chi connectivity index (χ4n) is 5.07. The lowest BCUT2D eigenvalue weighted by Crippen LogP contribution is -2.42. The predicted octanol–water partition coefficient (Wildman–Crippen LogP) is 3.10. The maximum atomic E-state index is 12.8. The molecule has 0 unspecified atom stereocenters. The maximum Gasteiger partial charge on any atom is 0.233 e. The molecule has 4 fully saturated rings. The maximum absolute atomic E-state index is 12.8. The number of likely N-dealkylation sites (tertiary alicyclic amines) is 1. The number of rotatable bonds is 1. The van der Waals surface area contributed by atoms with Gasteiger partial charge in [-0.3, -0.25) is 14.5 Å². The second-order valence-corrected chi connectivity index (χ2v) is 8.96. The van der Waals surface area contributed by atoms with Crippen LogP contribution in [0.3, 0.4) is 0 Å². The van der Waals surface area contributed by atoms with Crippen molar-refractivity contribution in [1.29, 1.82) is 0 Å². The molecule has 0 aromatic carbocycles. The minimum Gasteiger partial charge on any atom is -0.279 e. The van der Waals surface area contributed by atoms with E-state index < -0.39 is 0 Å². The SMILES string of the molecule is O=C1[C@@H]2[C@H]3C[C@@H]([C@H](Br)[C@@H]3Br)[C@@H]2C(=O)N1C1CCCCC1. The Labute approximate surface area is 136 Å². The van der Waals surface area contributed by atoms with Gasteiger partial charge < -0.3 is 0 Å². The zero-order valence-corrected chi connectivity index (χ0v) is 14.5. The van der Waals surface area contributed by atoms with Gasteiger partial charge in [-0.2, -0.15) is 0 Å². The lowest BCUT2D eigenvalue weighted by Gasteiger charge is -2.30. The van der Waals surface area contributed by atoms with E-state index in [2.05, 4.69) is 31.9 Å². The average molecular weight is 405 g/mol. The molecule has 4 aliphatic rings. The van der Waals surface area contributed by atoms with Crippen molar-refractivity contribution in [2.24, 2.45) is 23.7 Å². The van der Waals surface area contributed by atoms with E-state index in [1.807, 2.05) is 0 Å². The molecule has 3 nitrogen and oxygen atoms in total. The highest BCUT2D eigenvalue weighted by Crippen LogP contribution is 2.60. The van der Waals surface area contributed by atoms with Crippen molar-refractivity contribution in [1.82, 2.24) is 4.90 Å². The molecule has 5 heteroatoms. The number of fused-ring (bicyclic) bond motifs is 5. The number of carbonyl (C=O) groups excluding carboxylic acids is 2. The molecule has 1 saturated heterocycles. The highest BCUT2D eigenvalue weighted by atomic mass is 79.9. The van der Waals surface area contributed by atoms with E-state index in [1.54, 1.807) is 4.90 Å². The molecule has 0 aromatic rings. The van der Waals surface area contributed by atoms with Gasteiger partial charge in [0.25, 0.3) is 0 Å². The summed E-state index contributed by atoms with van der Waals surface area (Å²) in [5, 5.41) is 0.